The maximum absolute atomic E-state index is 14.1. The summed E-state index contributed by atoms with van der Waals surface area (Å²) in [6.45, 7) is 0. The van der Waals surface area contributed by atoms with E-state index in [1.54, 1.807) is 0 Å². The molecule has 1 aliphatic heterocycles. The van der Waals surface area contributed by atoms with Gasteiger partial charge in [0.25, 0.3) is 0 Å². The molecule has 5 rings (SSSR count). The smallest absolute Gasteiger partial charge is 0.318 e. The molecule has 0 saturated heterocycles. The first kappa shape index (κ1) is 21.7. The lowest BCUT2D eigenvalue weighted by Crippen LogP contribution is -2.45. The second-order valence-corrected chi connectivity index (χ2v) is 9.33. The predicted octanol–water partition coefficient (Wildman–Crippen LogP) is 7.23. The molecule has 3 nitrogen and oxygen atoms in total. The Hall–Kier alpha value is -3.17. The minimum absolute atomic E-state index is 0.105. The zero-order chi connectivity index (χ0) is 22.8. The summed E-state index contributed by atoms with van der Waals surface area (Å²) < 4.78 is 6.09. The van der Waals surface area contributed by atoms with Crippen molar-refractivity contribution in [3.63, 3.8) is 0 Å². The molecule has 1 atom stereocenters. The van der Waals surface area contributed by atoms with Crippen LogP contribution in [0.3, 0.4) is 0 Å². The van der Waals surface area contributed by atoms with Gasteiger partial charge in [-0.1, -0.05) is 104 Å². The topological polar surface area (TPSA) is 43.4 Å². The van der Waals surface area contributed by atoms with Gasteiger partial charge in [-0.25, -0.2) is 0 Å². The van der Waals surface area contributed by atoms with Crippen LogP contribution in [0.2, 0.25) is 5.02 Å². The summed E-state index contributed by atoms with van der Waals surface area (Å²) in [6.07, 6.45) is 4.36. The Labute approximate surface area is 199 Å². The molecule has 3 aromatic carbocycles. The molecular formula is C29H25ClO3. The zero-order valence-corrected chi connectivity index (χ0v) is 19.1. The monoisotopic (exact) mass is 456 g/mol. The van der Waals surface area contributed by atoms with Gasteiger partial charge >= 0.3 is 5.97 Å². The van der Waals surface area contributed by atoms with Crippen LogP contribution in [0.4, 0.5) is 0 Å². The molecule has 0 aromatic heterocycles. The first-order chi connectivity index (χ1) is 16.1. The summed E-state index contributed by atoms with van der Waals surface area (Å²) in [5.74, 6) is -0.373. The number of hydrogen-bond acceptors (Lipinski definition) is 3. The van der Waals surface area contributed by atoms with Gasteiger partial charge in [0.2, 0.25) is 0 Å². The van der Waals surface area contributed by atoms with Crippen LogP contribution in [0, 0.1) is 5.41 Å². The molecule has 1 unspecified atom stereocenters. The number of Topliss-reactive ketones (excluding diaryl/α,β-unsaturated/α-hetero) is 1. The van der Waals surface area contributed by atoms with Crippen LogP contribution >= 0.6 is 11.6 Å². The highest BCUT2D eigenvalue weighted by Gasteiger charge is 2.55. The molecule has 166 valence electrons. The van der Waals surface area contributed by atoms with Crippen molar-refractivity contribution in [2.75, 3.05) is 0 Å². The second-order valence-electron chi connectivity index (χ2n) is 8.89. The number of cyclic esters (lactones) is 1. The number of ketones is 1. The van der Waals surface area contributed by atoms with Crippen molar-refractivity contribution in [2.45, 2.75) is 38.0 Å². The van der Waals surface area contributed by atoms with Gasteiger partial charge in [0.1, 0.15) is 5.76 Å². The van der Waals surface area contributed by atoms with Gasteiger partial charge in [0.05, 0.1) is 11.0 Å². The van der Waals surface area contributed by atoms with Crippen molar-refractivity contribution in [3.05, 3.63) is 112 Å². The van der Waals surface area contributed by atoms with Crippen LogP contribution in [0.5, 0.6) is 0 Å². The van der Waals surface area contributed by atoms with Crippen molar-refractivity contribution >= 4 is 29.1 Å². The molecule has 1 spiro atoms. The average Bonchev–Trinajstić information content (AvgIpc) is 2.87. The number of esters is 1. The Balaban J connectivity index is 1.80. The van der Waals surface area contributed by atoms with E-state index >= 15 is 0 Å². The maximum Gasteiger partial charge on any atom is 0.318 e. The average molecular weight is 457 g/mol. The summed E-state index contributed by atoms with van der Waals surface area (Å²) in [5, 5.41) is 0.623. The molecule has 0 bridgehead atoms. The fraction of sp³-hybridized carbons (Fsp3) is 0.241. The molecule has 1 aliphatic carbocycles. The number of rotatable bonds is 4. The fourth-order valence-electron chi connectivity index (χ4n) is 5.37. The van der Waals surface area contributed by atoms with Crippen LogP contribution < -0.4 is 0 Å². The normalized spacial score (nSPS) is 19.9. The number of halogens is 1. The Morgan fingerprint density at radius 3 is 2.06 bits per heavy atom. The minimum atomic E-state index is -0.760. The molecule has 0 amide bonds. The molecule has 2 aliphatic rings. The van der Waals surface area contributed by atoms with Crippen molar-refractivity contribution in [1.82, 2.24) is 0 Å². The first-order valence-electron chi connectivity index (χ1n) is 11.5. The molecule has 1 saturated carbocycles. The summed E-state index contributed by atoms with van der Waals surface area (Å²) in [7, 11) is 0. The van der Waals surface area contributed by atoms with E-state index in [2.05, 4.69) is 0 Å². The van der Waals surface area contributed by atoms with Crippen LogP contribution in [-0.4, -0.2) is 11.8 Å². The van der Waals surface area contributed by atoms with Gasteiger partial charge in [-0.15, -0.1) is 0 Å². The number of ether oxygens (including phenoxy) is 1. The highest BCUT2D eigenvalue weighted by Crippen LogP contribution is 2.56. The summed E-state index contributed by atoms with van der Waals surface area (Å²) >= 11 is 6.21. The highest BCUT2D eigenvalue weighted by atomic mass is 35.5. The first-order valence-corrected chi connectivity index (χ1v) is 11.8. The van der Waals surface area contributed by atoms with Crippen LogP contribution in [0.15, 0.2) is 90.5 Å². The number of carbonyl (C=O) groups is 2. The largest absolute Gasteiger partial charge is 0.425 e. The Morgan fingerprint density at radius 2 is 1.42 bits per heavy atom. The van der Waals surface area contributed by atoms with E-state index in [-0.39, 0.29) is 11.8 Å². The fourth-order valence-corrected chi connectivity index (χ4v) is 5.50. The second kappa shape index (κ2) is 8.99. The lowest BCUT2D eigenvalue weighted by Gasteiger charge is -2.45. The summed E-state index contributed by atoms with van der Waals surface area (Å²) in [4.78, 5) is 27.8. The van der Waals surface area contributed by atoms with Gasteiger partial charge in [-0.3, -0.25) is 9.59 Å². The van der Waals surface area contributed by atoms with E-state index in [9.17, 15) is 9.59 Å². The van der Waals surface area contributed by atoms with E-state index in [0.717, 1.165) is 30.4 Å². The summed E-state index contributed by atoms with van der Waals surface area (Å²) in [6, 6.07) is 26.3. The molecule has 1 fully saturated rings. The third kappa shape index (κ3) is 3.91. The highest BCUT2D eigenvalue weighted by molar-refractivity contribution is 6.30. The zero-order valence-electron chi connectivity index (χ0n) is 18.3. The van der Waals surface area contributed by atoms with E-state index in [1.165, 1.54) is 0 Å². The van der Waals surface area contributed by atoms with E-state index in [4.69, 9.17) is 16.3 Å². The molecule has 1 heterocycles. The molecule has 3 aromatic rings. The molecule has 33 heavy (non-hydrogen) atoms. The maximum atomic E-state index is 14.1. The van der Waals surface area contributed by atoms with Gasteiger partial charge < -0.3 is 4.74 Å². The van der Waals surface area contributed by atoms with Crippen LogP contribution in [0.25, 0.3) is 5.76 Å². The third-order valence-corrected chi connectivity index (χ3v) is 7.20. The Bertz CT molecular complexity index is 1190. The van der Waals surface area contributed by atoms with Crippen molar-refractivity contribution in [3.8, 4) is 0 Å². The minimum Gasteiger partial charge on any atom is -0.425 e. The number of allylic oxidation sites excluding steroid dienone is 1. The third-order valence-electron chi connectivity index (χ3n) is 6.95. The number of benzene rings is 3. The van der Waals surface area contributed by atoms with E-state index in [0.29, 0.717) is 34.8 Å². The molecule has 0 N–H and O–H groups in total. The van der Waals surface area contributed by atoms with Gasteiger partial charge in [-0.05, 0) is 30.5 Å². The Kier molecular flexibility index (Phi) is 5.90. The van der Waals surface area contributed by atoms with Crippen LogP contribution in [0.1, 0.15) is 59.5 Å². The standard InChI is InChI=1S/C29H25ClO3/c30-23-16-14-20(15-17-23)25-24(26(31)21-10-4-1-5-11-21)27(22-12-6-2-7-13-22)33-28(32)29(25)18-8-3-9-19-29/h1-2,4-7,10-17,25H,3,8-9,18-19H2. The summed E-state index contributed by atoms with van der Waals surface area (Å²) in [5.41, 5.74) is 2.03. The predicted molar refractivity (Wildman–Crippen MR) is 130 cm³/mol. The van der Waals surface area contributed by atoms with Crippen molar-refractivity contribution in [2.24, 2.45) is 5.41 Å². The molecule has 4 heteroatoms. The van der Waals surface area contributed by atoms with Crippen molar-refractivity contribution < 1.29 is 14.3 Å². The van der Waals surface area contributed by atoms with E-state index < -0.39 is 11.3 Å². The molecular weight excluding hydrogens is 432 g/mol. The van der Waals surface area contributed by atoms with Crippen LogP contribution in [-0.2, 0) is 9.53 Å². The van der Waals surface area contributed by atoms with Crippen molar-refractivity contribution in [1.29, 1.82) is 0 Å². The number of carbonyl (C=O) groups excluding carboxylic acids is 2. The van der Waals surface area contributed by atoms with Gasteiger partial charge in [-0.2, -0.15) is 0 Å². The lowest BCUT2D eigenvalue weighted by molar-refractivity contribution is -0.153. The number of hydrogen-bond donors (Lipinski definition) is 0. The molecule has 0 radical (unpaired) electrons. The van der Waals surface area contributed by atoms with E-state index in [1.807, 2.05) is 84.9 Å². The Morgan fingerprint density at radius 1 is 0.818 bits per heavy atom. The van der Waals surface area contributed by atoms with Gasteiger partial charge in [0, 0.05) is 22.1 Å². The lowest BCUT2D eigenvalue weighted by atomic mass is 9.59. The SMILES string of the molecule is O=C(C1=C(c2ccccc2)OC(=O)C2(CCCCC2)C1c1ccc(Cl)cc1)c1ccccc1. The van der Waals surface area contributed by atoms with Gasteiger partial charge in [0.15, 0.2) is 5.78 Å². The quantitative estimate of drug-likeness (QED) is 0.307.